The van der Waals surface area contributed by atoms with Gasteiger partial charge in [0.1, 0.15) is 0 Å². The molecule has 1 amide bonds. The van der Waals surface area contributed by atoms with Crippen molar-refractivity contribution in [2.75, 3.05) is 18.0 Å². The number of pyridine rings is 1. The van der Waals surface area contributed by atoms with Crippen molar-refractivity contribution in [1.29, 1.82) is 0 Å². The van der Waals surface area contributed by atoms with E-state index in [0.29, 0.717) is 18.0 Å². The fraction of sp³-hybridized carbons (Fsp3) is 0.333. The van der Waals surface area contributed by atoms with Crippen LogP contribution < -0.4 is 10.2 Å². The standard InChI is InChI=1S/C18H23N3O/c1-4-21(16-8-6-5-7-9-16)17-10-15(12-19-13-17)18(22)20-11-14(2)3/h5-10,12-14H,4,11H2,1-3H3,(H,20,22). The molecule has 0 saturated carbocycles. The van der Waals surface area contributed by atoms with Crippen LogP contribution in [0.2, 0.25) is 0 Å². The Balaban J connectivity index is 2.21. The fourth-order valence-electron chi connectivity index (χ4n) is 2.22. The molecule has 0 radical (unpaired) electrons. The molecular formula is C18H23N3O. The van der Waals surface area contributed by atoms with E-state index >= 15 is 0 Å². The summed E-state index contributed by atoms with van der Waals surface area (Å²) in [5.74, 6) is 0.351. The van der Waals surface area contributed by atoms with Crippen LogP contribution in [-0.4, -0.2) is 24.0 Å². The van der Waals surface area contributed by atoms with Gasteiger partial charge < -0.3 is 10.2 Å². The minimum absolute atomic E-state index is 0.0767. The second kappa shape index (κ2) is 7.59. The van der Waals surface area contributed by atoms with Crippen molar-refractivity contribution in [1.82, 2.24) is 10.3 Å². The van der Waals surface area contributed by atoms with Crippen LogP contribution in [0.4, 0.5) is 11.4 Å². The fourth-order valence-corrected chi connectivity index (χ4v) is 2.22. The molecule has 0 fully saturated rings. The molecule has 0 unspecified atom stereocenters. The van der Waals surface area contributed by atoms with E-state index in [9.17, 15) is 4.79 Å². The van der Waals surface area contributed by atoms with E-state index in [1.165, 1.54) is 0 Å². The molecule has 0 atom stereocenters. The SMILES string of the molecule is CCN(c1ccccc1)c1cncc(C(=O)NCC(C)C)c1. The Morgan fingerprint density at radius 3 is 2.55 bits per heavy atom. The number of hydrogen-bond donors (Lipinski definition) is 1. The molecular weight excluding hydrogens is 274 g/mol. The first kappa shape index (κ1) is 16.0. The van der Waals surface area contributed by atoms with Gasteiger partial charge in [0.05, 0.1) is 17.4 Å². The van der Waals surface area contributed by atoms with Gasteiger partial charge in [-0.2, -0.15) is 0 Å². The Bertz CT molecular complexity index is 611. The summed E-state index contributed by atoms with van der Waals surface area (Å²) in [5, 5.41) is 2.92. The molecule has 1 N–H and O–H groups in total. The van der Waals surface area contributed by atoms with Gasteiger partial charge in [-0.1, -0.05) is 32.0 Å². The Labute approximate surface area is 132 Å². The quantitative estimate of drug-likeness (QED) is 0.885. The Kier molecular flexibility index (Phi) is 5.53. The van der Waals surface area contributed by atoms with Gasteiger partial charge in [0, 0.05) is 25.0 Å². The second-order valence-electron chi connectivity index (χ2n) is 5.62. The smallest absolute Gasteiger partial charge is 0.252 e. The Morgan fingerprint density at radius 2 is 1.91 bits per heavy atom. The van der Waals surface area contributed by atoms with Crippen molar-refractivity contribution < 1.29 is 4.79 Å². The molecule has 0 aliphatic carbocycles. The van der Waals surface area contributed by atoms with Crippen molar-refractivity contribution in [3.63, 3.8) is 0 Å². The summed E-state index contributed by atoms with van der Waals surface area (Å²) in [6.45, 7) is 7.70. The van der Waals surface area contributed by atoms with Gasteiger partial charge in [-0.25, -0.2) is 0 Å². The average molecular weight is 297 g/mol. The van der Waals surface area contributed by atoms with Crippen molar-refractivity contribution in [2.45, 2.75) is 20.8 Å². The first-order valence-corrected chi connectivity index (χ1v) is 7.67. The number of hydrogen-bond acceptors (Lipinski definition) is 3. The van der Waals surface area contributed by atoms with Gasteiger partial charge in [-0.05, 0) is 31.0 Å². The highest BCUT2D eigenvalue weighted by Crippen LogP contribution is 2.24. The van der Waals surface area contributed by atoms with Gasteiger partial charge in [-0.3, -0.25) is 9.78 Å². The maximum atomic E-state index is 12.2. The van der Waals surface area contributed by atoms with Gasteiger partial charge in [0.15, 0.2) is 0 Å². The predicted octanol–water partition coefficient (Wildman–Crippen LogP) is 3.63. The highest BCUT2D eigenvalue weighted by molar-refractivity contribution is 5.94. The third kappa shape index (κ3) is 4.07. The molecule has 0 bridgehead atoms. The minimum Gasteiger partial charge on any atom is -0.352 e. The molecule has 1 aromatic carbocycles. The number of nitrogens with one attached hydrogen (secondary N) is 1. The molecule has 2 rings (SSSR count). The Morgan fingerprint density at radius 1 is 1.18 bits per heavy atom. The summed E-state index contributed by atoms with van der Waals surface area (Å²) in [6.07, 6.45) is 3.40. The number of nitrogens with zero attached hydrogens (tertiary/aromatic N) is 2. The van der Waals surface area contributed by atoms with E-state index in [4.69, 9.17) is 0 Å². The molecule has 4 nitrogen and oxygen atoms in total. The van der Waals surface area contributed by atoms with E-state index in [-0.39, 0.29) is 5.91 Å². The zero-order valence-corrected chi connectivity index (χ0v) is 13.4. The lowest BCUT2D eigenvalue weighted by Gasteiger charge is -2.23. The van der Waals surface area contributed by atoms with Crippen LogP contribution in [0.5, 0.6) is 0 Å². The maximum absolute atomic E-state index is 12.2. The lowest BCUT2D eigenvalue weighted by atomic mass is 10.2. The van der Waals surface area contributed by atoms with Crippen LogP contribution in [0.25, 0.3) is 0 Å². The lowest BCUT2D eigenvalue weighted by molar-refractivity contribution is 0.0948. The van der Waals surface area contributed by atoms with Crippen LogP contribution in [-0.2, 0) is 0 Å². The number of rotatable bonds is 6. The zero-order chi connectivity index (χ0) is 15.9. The van der Waals surface area contributed by atoms with Crippen LogP contribution >= 0.6 is 0 Å². The first-order chi connectivity index (χ1) is 10.6. The number of carbonyl (C=O) groups excluding carboxylic acids is 1. The predicted molar refractivity (Wildman–Crippen MR) is 90.5 cm³/mol. The Hall–Kier alpha value is -2.36. The van der Waals surface area contributed by atoms with Gasteiger partial charge in [0.25, 0.3) is 5.91 Å². The van der Waals surface area contributed by atoms with Crippen molar-refractivity contribution >= 4 is 17.3 Å². The van der Waals surface area contributed by atoms with Gasteiger partial charge in [0.2, 0.25) is 0 Å². The summed E-state index contributed by atoms with van der Waals surface area (Å²) in [5.41, 5.74) is 2.60. The van der Waals surface area contributed by atoms with Gasteiger partial charge >= 0.3 is 0 Å². The van der Waals surface area contributed by atoms with Crippen LogP contribution in [0, 0.1) is 5.92 Å². The number of para-hydroxylation sites is 1. The van der Waals surface area contributed by atoms with E-state index < -0.39 is 0 Å². The molecule has 1 aromatic heterocycles. The third-order valence-corrected chi connectivity index (χ3v) is 3.35. The van der Waals surface area contributed by atoms with E-state index in [0.717, 1.165) is 17.9 Å². The van der Waals surface area contributed by atoms with Crippen molar-refractivity contribution in [3.8, 4) is 0 Å². The number of aromatic nitrogens is 1. The summed E-state index contributed by atoms with van der Waals surface area (Å²) in [6, 6.07) is 12.0. The normalized spacial score (nSPS) is 10.5. The molecule has 0 aliphatic rings. The molecule has 2 aromatic rings. The number of amides is 1. The topological polar surface area (TPSA) is 45.2 Å². The second-order valence-corrected chi connectivity index (χ2v) is 5.62. The molecule has 0 aliphatic heterocycles. The molecule has 22 heavy (non-hydrogen) atoms. The largest absolute Gasteiger partial charge is 0.352 e. The van der Waals surface area contributed by atoms with Crippen molar-refractivity contribution in [2.24, 2.45) is 5.92 Å². The van der Waals surface area contributed by atoms with Crippen LogP contribution in [0.3, 0.4) is 0 Å². The maximum Gasteiger partial charge on any atom is 0.252 e. The van der Waals surface area contributed by atoms with E-state index in [1.807, 2.05) is 24.3 Å². The summed E-state index contributed by atoms with van der Waals surface area (Å²) < 4.78 is 0. The highest BCUT2D eigenvalue weighted by Gasteiger charge is 2.11. The number of anilines is 2. The average Bonchev–Trinajstić information content (AvgIpc) is 2.54. The van der Waals surface area contributed by atoms with E-state index in [2.05, 4.69) is 48.1 Å². The van der Waals surface area contributed by atoms with Crippen LogP contribution in [0.15, 0.2) is 48.8 Å². The lowest BCUT2D eigenvalue weighted by Crippen LogP contribution is -2.27. The molecule has 1 heterocycles. The van der Waals surface area contributed by atoms with Gasteiger partial charge in [-0.15, -0.1) is 0 Å². The minimum atomic E-state index is -0.0767. The summed E-state index contributed by atoms with van der Waals surface area (Å²) in [4.78, 5) is 18.5. The molecule has 0 spiro atoms. The monoisotopic (exact) mass is 297 g/mol. The third-order valence-electron chi connectivity index (χ3n) is 3.35. The molecule has 116 valence electrons. The summed E-state index contributed by atoms with van der Waals surface area (Å²) in [7, 11) is 0. The number of benzene rings is 1. The molecule has 4 heteroatoms. The zero-order valence-electron chi connectivity index (χ0n) is 13.4. The number of carbonyl (C=O) groups is 1. The first-order valence-electron chi connectivity index (χ1n) is 7.67. The summed E-state index contributed by atoms with van der Waals surface area (Å²) >= 11 is 0. The van der Waals surface area contributed by atoms with Crippen LogP contribution in [0.1, 0.15) is 31.1 Å². The van der Waals surface area contributed by atoms with E-state index in [1.54, 1.807) is 12.4 Å². The molecule has 0 saturated heterocycles. The highest BCUT2D eigenvalue weighted by atomic mass is 16.1. The van der Waals surface area contributed by atoms with Crippen molar-refractivity contribution in [3.05, 3.63) is 54.4 Å².